The van der Waals surface area contributed by atoms with Crippen LogP contribution in [0.1, 0.15) is 11.0 Å². The summed E-state index contributed by atoms with van der Waals surface area (Å²) in [6.07, 6.45) is 0. The van der Waals surface area contributed by atoms with Gasteiger partial charge in [-0.25, -0.2) is 0 Å². The fourth-order valence-electron chi connectivity index (χ4n) is 8.88. The highest BCUT2D eigenvalue weighted by atomic mass is 16.3. The summed E-state index contributed by atoms with van der Waals surface area (Å²) < 4.78 is 84.5. The maximum Gasteiger partial charge on any atom is 0.143 e. The van der Waals surface area contributed by atoms with Crippen LogP contribution in [-0.2, 0) is 0 Å². The van der Waals surface area contributed by atoms with E-state index in [1.54, 1.807) is 18.2 Å². The van der Waals surface area contributed by atoms with Gasteiger partial charge in [-0.05, 0) is 108 Å². The molecule has 0 aliphatic rings. The smallest absolute Gasteiger partial charge is 0.143 e. The van der Waals surface area contributed by atoms with Gasteiger partial charge in [0.2, 0.25) is 0 Å². The molecule has 290 valence electrons. The molecule has 0 radical (unpaired) electrons. The fraction of sp³-hybridized carbons (Fsp3) is 0. The van der Waals surface area contributed by atoms with Crippen molar-refractivity contribution in [2.45, 2.75) is 0 Å². The normalized spacial score (nSPS) is 13.4. The van der Waals surface area contributed by atoms with E-state index < -0.39 is 24.2 Å². The Bertz CT molecular complexity index is 4060. The number of fused-ring (bicyclic) bond motifs is 7. The molecular formula is C60H39NO. The molecule has 62 heavy (non-hydrogen) atoms. The zero-order valence-electron chi connectivity index (χ0n) is 41.3. The number of hydrogen-bond acceptors (Lipinski definition) is 2. The van der Waals surface area contributed by atoms with Gasteiger partial charge in [0.05, 0.1) is 16.7 Å². The van der Waals surface area contributed by atoms with Crippen molar-refractivity contribution in [3.05, 3.63) is 236 Å². The first kappa shape index (κ1) is 28.3. The summed E-state index contributed by atoms with van der Waals surface area (Å²) in [7, 11) is 0. The summed E-state index contributed by atoms with van der Waals surface area (Å²) >= 11 is 0. The monoisotopic (exact) mass is 797 g/mol. The lowest BCUT2D eigenvalue weighted by molar-refractivity contribution is 0.673. The molecule has 0 unspecified atom stereocenters. The van der Waals surface area contributed by atoms with Crippen molar-refractivity contribution in [1.29, 1.82) is 0 Å². The summed E-state index contributed by atoms with van der Waals surface area (Å²) in [4.78, 5) is 1.40. The van der Waals surface area contributed by atoms with E-state index in [1.165, 1.54) is 4.90 Å². The van der Waals surface area contributed by atoms with Gasteiger partial charge in [-0.1, -0.05) is 194 Å². The number of benzene rings is 11. The van der Waals surface area contributed by atoms with E-state index in [0.29, 0.717) is 33.5 Å². The van der Waals surface area contributed by atoms with Crippen molar-refractivity contribution in [3.8, 4) is 44.5 Å². The third-order valence-electron chi connectivity index (χ3n) is 11.8. The highest BCUT2D eigenvalue weighted by Gasteiger charge is 2.21. The highest BCUT2D eigenvalue weighted by molar-refractivity contribution is 6.19. The second kappa shape index (κ2) is 14.8. The molecule has 0 N–H and O–H groups in total. The minimum Gasteiger partial charge on any atom is -0.455 e. The third kappa shape index (κ3) is 6.04. The van der Waals surface area contributed by atoms with Crippen molar-refractivity contribution < 1.29 is 15.4 Å². The molecule has 0 saturated carbocycles. The van der Waals surface area contributed by atoms with Crippen molar-refractivity contribution in [3.63, 3.8) is 0 Å². The standard InChI is InChI=1S/C60H39NO/c1-3-17-49-42(12-1)14-9-21-51(49)44-28-26-40(27-29-44)41-30-35-47(36-31-41)61(48-37-32-45(33-38-48)52-22-10-15-43-13-2-4-18-50(43)52)57-24-7-5-19-53(57)55-23-11-16-46-34-39-56-54-20-6-8-25-58(54)62-60(56)59(46)55/h1-39H/i30D,31D,32D,33D,35D,36D,37D,38D. The van der Waals surface area contributed by atoms with Gasteiger partial charge < -0.3 is 9.32 Å². The molecule has 12 aromatic rings. The number of anilines is 3. The van der Waals surface area contributed by atoms with Crippen LogP contribution in [0.15, 0.2) is 241 Å². The number of hydrogen-bond donors (Lipinski definition) is 0. The molecule has 11 aromatic carbocycles. The first-order valence-corrected chi connectivity index (χ1v) is 20.6. The van der Waals surface area contributed by atoms with Crippen LogP contribution in [0, 0.1) is 0 Å². The molecule has 0 aliphatic heterocycles. The molecule has 0 fully saturated rings. The molecule has 12 rings (SSSR count). The minimum absolute atomic E-state index is 0.0867. The van der Waals surface area contributed by atoms with Crippen LogP contribution in [0.3, 0.4) is 0 Å². The summed E-state index contributed by atoms with van der Waals surface area (Å²) in [5.74, 6) is 0. The van der Waals surface area contributed by atoms with Crippen molar-refractivity contribution >= 4 is 71.3 Å². The van der Waals surface area contributed by atoms with Crippen LogP contribution < -0.4 is 4.90 Å². The summed E-state index contributed by atoms with van der Waals surface area (Å²) in [5.41, 5.74) is 5.66. The number of furan rings is 1. The van der Waals surface area contributed by atoms with E-state index in [9.17, 15) is 11.0 Å². The average molecular weight is 798 g/mol. The van der Waals surface area contributed by atoms with Crippen LogP contribution in [0.4, 0.5) is 17.1 Å². The Balaban J connectivity index is 1.11. The van der Waals surface area contributed by atoms with E-state index in [2.05, 4.69) is 18.2 Å². The Morgan fingerprint density at radius 2 is 0.823 bits per heavy atom. The Morgan fingerprint density at radius 1 is 0.323 bits per heavy atom. The number of para-hydroxylation sites is 2. The van der Waals surface area contributed by atoms with Gasteiger partial charge in [0, 0.05) is 33.1 Å². The van der Waals surface area contributed by atoms with Gasteiger partial charge in [0.25, 0.3) is 0 Å². The second-order valence-corrected chi connectivity index (χ2v) is 15.4. The molecular weight excluding hydrogens is 751 g/mol. The lowest BCUT2D eigenvalue weighted by atomic mass is 9.94. The second-order valence-electron chi connectivity index (χ2n) is 15.4. The molecule has 2 heteroatoms. The summed E-state index contributed by atoms with van der Waals surface area (Å²) in [6, 6.07) is 56.9. The quantitative estimate of drug-likeness (QED) is 0.160. The number of nitrogens with zero attached hydrogens (tertiary/aromatic N) is 1. The Kier molecular flexibility index (Phi) is 6.76. The van der Waals surface area contributed by atoms with Crippen LogP contribution in [0.2, 0.25) is 0 Å². The molecule has 0 atom stereocenters. The van der Waals surface area contributed by atoms with Crippen molar-refractivity contribution in [2.24, 2.45) is 0 Å². The largest absolute Gasteiger partial charge is 0.455 e. The number of rotatable bonds is 7. The van der Waals surface area contributed by atoms with Crippen molar-refractivity contribution in [2.75, 3.05) is 4.90 Å². The van der Waals surface area contributed by atoms with Gasteiger partial charge in [0.1, 0.15) is 11.2 Å². The SMILES string of the molecule is [2H]c1c([2H])c(N(c2ccccc2-c2cccc3ccc4c5ccccc5oc4c23)c2c([2H])c([2H])c(-c3cccc4ccccc34)c([2H])c2[2H])c([2H])c([2H])c1-c1ccc(-c2cccc3ccccc23)cc1. The van der Waals surface area contributed by atoms with Crippen LogP contribution >= 0.6 is 0 Å². The summed E-state index contributed by atoms with van der Waals surface area (Å²) in [6.45, 7) is 0. The van der Waals surface area contributed by atoms with E-state index in [0.717, 1.165) is 59.8 Å². The Hall–Kier alpha value is -8.20. The molecule has 0 aliphatic carbocycles. The first-order chi connectivity index (χ1) is 34.1. The van der Waals surface area contributed by atoms with Gasteiger partial charge in [-0.2, -0.15) is 0 Å². The predicted octanol–water partition coefficient (Wildman–Crippen LogP) is 17.2. The summed E-state index contributed by atoms with van der Waals surface area (Å²) in [5, 5.41) is 7.34. The Labute approximate surface area is 371 Å². The van der Waals surface area contributed by atoms with E-state index in [-0.39, 0.29) is 46.7 Å². The Morgan fingerprint density at radius 3 is 1.52 bits per heavy atom. The molecule has 0 spiro atoms. The van der Waals surface area contributed by atoms with Crippen LogP contribution in [0.5, 0.6) is 0 Å². The molecule has 2 nitrogen and oxygen atoms in total. The highest BCUT2D eigenvalue weighted by Crippen LogP contribution is 2.46. The topological polar surface area (TPSA) is 16.4 Å². The first-order valence-electron chi connectivity index (χ1n) is 24.6. The van der Waals surface area contributed by atoms with Gasteiger partial charge >= 0.3 is 0 Å². The van der Waals surface area contributed by atoms with E-state index in [4.69, 9.17) is 4.42 Å². The molecule has 0 saturated heterocycles. The van der Waals surface area contributed by atoms with Gasteiger partial charge in [0.15, 0.2) is 0 Å². The van der Waals surface area contributed by atoms with E-state index >= 15 is 0 Å². The average Bonchev–Trinajstić information content (AvgIpc) is 3.79. The molecule has 0 amide bonds. The van der Waals surface area contributed by atoms with Gasteiger partial charge in [-0.15, -0.1) is 0 Å². The van der Waals surface area contributed by atoms with Crippen LogP contribution in [-0.4, -0.2) is 0 Å². The maximum atomic E-state index is 9.85. The zero-order chi connectivity index (χ0) is 47.9. The van der Waals surface area contributed by atoms with E-state index in [1.807, 2.05) is 152 Å². The molecule has 1 aromatic heterocycles. The third-order valence-corrected chi connectivity index (χ3v) is 11.8. The van der Waals surface area contributed by atoms with Crippen LogP contribution in [0.25, 0.3) is 98.8 Å². The van der Waals surface area contributed by atoms with Gasteiger partial charge in [-0.3, -0.25) is 0 Å². The zero-order valence-corrected chi connectivity index (χ0v) is 33.3. The maximum absolute atomic E-state index is 9.85. The fourth-order valence-corrected chi connectivity index (χ4v) is 8.88. The minimum atomic E-state index is -0.420. The predicted molar refractivity (Wildman–Crippen MR) is 263 cm³/mol. The lowest BCUT2D eigenvalue weighted by Crippen LogP contribution is -2.11. The lowest BCUT2D eigenvalue weighted by Gasteiger charge is -2.28. The molecule has 1 heterocycles. The van der Waals surface area contributed by atoms with Crippen molar-refractivity contribution in [1.82, 2.24) is 0 Å². The molecule has 0 bridgehead atoms.